The van der Waals surface area contributed by atoms with Crippen molar-refractivity contribution in [3.63, 3.8) is 0 Å². The summed E-state index contributed by atoms with van der Waals surface area (Å²) in [6.45, 7) is 8.31. The maximum atomic E-state index is 12.2. The van der Waals surface area contributed by atoms with Gasteiger partial charge in [-0.2, -0.15) is 5.10 Å². The molecule has 2 N–H and O–H groups in total. The Morgan fingerprint density at radius 3 is 2.73 bits per heavy atom. The lowest BCUT2D eigenvalue weighted by atomic mass is 10.1. The van der Waals surface area contributed by atoms with Crippen molar-refractivity contribution in [3.05, 3.63) is 47.2 Å². The maximum absolute atomic E-state index is 12.2. The quantitative estimate of drug-likeness (QED) is 0.769. The number of carbonyl (C=O) groups is 1. The van der Waals surface area contributed by atoms with Gasteiger partial charge in [-0.05, 0) is 37.1 Å². The summed E-state index contributed by atoms with van der Waals surface area (Å²) in [5, 5.41) is 14.3. The van der Waals surface area contributed by atoms with Crippen molar-refractivity contribution < 1.29 is 9.53 Å². The second-order valence-corrected chi connectivity index (χ2v) is 6.38. The van der Waals surface area contributed by atoms with Gasteiger partial charge in [0, 0.05) is 37.8 Å². The van der Waals surface area contributed by atoms with Crippen LogP contribution in [0.4, 0.5) is 11.5 Å². The van der Waals surface area contributed by atoms with Crippen molar-refractivity contribution in [2.75, 3.05) is 49.6 Å². The van der Waals surface area contributed by atoms with Crippen molar-refractivity contribution in [2.24, 2.45) is 0 Å². The number of aryl methyl sites for hydroxylation is 2. The molecule has 7 heteroatoms. The molecule has 7 nitrogen and oxygen atoms in total. The first-order valence-corrected chi connectivity index (χ1v) is 8.88. The van der Waals surface area contributed by atoms with Gasteiger partial charge in [0.15, 0.2) is 5.82 Å². The summed E-state index contributed by atoms with van der Waals surface area (Å²) in [6.07, 6.45) is 1.76. The van der Waals surface area contributed by atoms with Crippen molar-refractivity contribution in [1.82, 2.24) is 15.5 Å². The van der Waals surface area contributed by atoms with E-state index in [1.807, 2.05) is 38.1 Å². The average molecular weight is 355 g/mol. The van der Waals surface area contributed by atoms with Gasteiger partial charge in [0.05, 0.1) is 25.1 Å². The van der Waals surface area contributed by atoms with Crippen LogP contribution in [0.1, 0.15) is 21.5 Å². The summed E-state index contributed by atoms with van der Waals surface area (Å²) in [7, 11) is 0. The van der Waals surface area contributed by atoms with E-state index in [2.05, 4.69) is 25.7 Å². The fourth-order valence-electron chi connectivity index (χ4n) is 2.79. The number of amides is 1. The molecular weight excluding hydrogens is 330 g/mol. The van der Waals surface area contributed by atoms with Gasteiger partial charge in [-0.15, -0.1) is 5.10 Å². The number of anilines is 2. The Morgan fingerprint density at radius 1 is 1.15 bits per heavy atom. The van der Waals surface area contributed by atoms with E-state index in [0.29, 0.717) is 24.5 Å². The number of benzene rings is 1. The first-order valence-electron chi connectivity index (χ1n) is 8.88. The van der Waals surface area contributed by atoms with Crippen LogP contribution < -0.4 is 15.5 Å². The predicted molar refractivity (Wildman–Crippen MR) is 102 cm³/mol. The number of carbonyl (C=O) groups excluding carboxylic acids is 1. The summed E-state index contributed by atoms with van der Waals surface area (Å²) in [4.78, 5) is 14.4. The lowest BCUT2D eigenvalue weighted by Gasteiger charge is -2.28. The molecule has 1 aliphatic rings. The van der Waals surface area contributed by atoms with E-state index in [9.17, 15) is 4.79 Å². The molecule has 0 radical (unpaired) electrons. The Morgan fingerprint density at radius 2 is 1.96 bits per heavy atom. The molecule has 1 aromatic heterocycles. The molecule has 2 aromatic rings. The Labute approximate surface area is 153 Å². The van der Waals surface area contributed by atoms with Crippen LogP contribution in [0.3, 0.4) is 0 Å². The summed E-state index contributed by atoms with van der Waals surface area (Å²) in [5.74, 6) is 0.637. The van der Waals surface area contributed by atoms with Crippen LogP contribution in [-0.2, 0) is 4.74 Å². The number of rotatable bonds is 6. The molecule has 1 aliphatic heterocycles. The lowest BCUT2D eigenvalue weighted by Crippen LogP contribution is -2.36. The second-order valence-electron chi connectivity index (χ2n) is 6.38. The number of hydrogen-bond acceptors (Lipinski definition) is 6. The Balaban J connectivity index is 1.47. The highest BCUT2D eigenvalue weighted by Gasteiger charge is 2.12. The first kappa shape index (κ1) is 18.1. The van der Waals surface area contributed by atoms with Gasteiger partial charge in [0.25, 0.3) is 5.91 Å². The monoisotopic (exact) mass is 355 g/mol. The van der Waals surface area contributed by atoms with E-state index in [4.69, 9.17) is 4.74 Å². The molecule has 0 spiro atoms. The molecule has 138 valence electrons. The van der Waals surface area contributed by atoms with Crippen LogP contribution in [0.2, 0.25) is 0 Å². The highest BCUT2D eigenvalue weighted by atomic mass is 16.5. The van der Waals surface area contributed by atoms with Gasteiger partial charge in [-0.3, -0.25) is 4.79 Å². The standard InChI is InChI=1S/C19H25N5O2/c1-14-3-4-16(11-15(14)2)19(25)21-6-5-20-18-12-17(13-22-23-18)24-7-9-26-10-8-24/h3-4,11-13H,5-10H2,1-2H3,(H,20,23)(H,21,25). The fraction of sp³-hybridized carbons (Fsp3) is 0.421. The van der Waals surface area contributed by atoms with E-state index in [1.54, 1.807) is 6.20 Å². The topological polar surface area (TPSA) is 79.4 Å². The Kier molecular flexibility index (Phi) is 6.01. The van der Waals surface area contributed by atoms with Crippen molar-refractivity contribution in [2.45, 2.75) is 13.8 Å². The van der Waals surface area contributed by atoms with Crippen LogP contribution in [-0.4, -0.2) is 55.5 Å². The van der Waals surface area contributed by atoms with E-state index in [0.717, 1.165) is 37.6 Å². The van der Waals surface area contributed by atoms with Crippen LogP contribution in [0.15, 0.2) is 30.5 Å². The minimum absolute atomic E-state index is 0.0666. The molecule has 0 bridgehead atoms. The number of ether oxygens (including phenoxy) is 1. The zero-order valence-electron chi connectivity index (χ0n) is 15.3. The molecule has 1 amide bonds. The second kappa shape index (κ2) is 8.62. The molecule has 0 unspecified atom stereocenters. The highest BCUT2D eigenvalue weighted by molar-refractivity contribution is 5.94. The smallest absolute Gasteiger partial charge is 0.251 e. The Bertz CT molecular complexity index is 759. The highest BCUT2D eigenvalue weighted by Crippen LogP contribution is 2.16. The molecule has 0 saturated carbocycles. The summed E-state index contributed by atoms with van der Waals surface area (Å²) >= 11 is 0. The summed E-state index contributed by atoms with van der Waals surface area (Å²) < 4.78 is 5.37. The van der Waals surface area contributed by atoms with Crippen molar-refractivity contribution in [1.29, 1.82) is 0 Å². The third-order valence-electron chi connectivity index (χ3n) is 4.50. The van der Waals surface area contributed by atoms with E-state index >= 15 is 0 Å². The third kappa shape index (κ3) is 4.70. The largest absolute Gasteiger partial charge is 0.378 e. The van der Waals surface area contributed by atoms with Gasteiger partial charge < -0.3 is 20.3 Å². The minimum Gasteiger partial charge on any atom is -0.378 e. The zero-order chi connectivity index (χ0) is 18.4. The number of aromatic nitrogens is 2. The molecule has 1 aromatic carbocycles. The van der Waals surface area contributed by atoms with Gasteiger partial charge >= 0.3 is 0 Å². The van der Waals surface area contributed by atoms with Crippen molar-refractivity contribution in [3.8, 4) is 0 Å². The van der Waals surface area contributed by atoms with E-state index in [1.165, 1.54) is 5.56 Å². The van der Waals surface area contributed by atoms with Crippen LogP contribution in [0.25, 0.3) is 0 Å². The van der Waals surface area contributed by atoms with Gasteiger partial charge in [-0.1, -0.05) is 6.07 Å². The first-order chi connectivity index (χ1) is 12.6. The van der Waals surface area contributed by atoms with Gasteiger partial charge in [-0.25, -0.2) is 0 Å². The zero-order valence-corrected chi connectivity index (χ0v) is 15.3. The number of morpholine rings is 1. The van der Waals surface area contributed by atoms with E-state index < -0.39 is 0 Å². The minimum atomic E-state index is -0.0666. The maximum Gasteiger partial charge on any atom is 0.251 e. The van der Waals surface area contributed by atoms with E-state index in [-0.39, 0.29) is 5.91 Å². The third-order valence-corrected chi connectivity index (χ3v) is 4.50. The summed E-state index contributed by atoms with van der Waals surface area (Å²) in [6, 6.07) is 7.70. The molecule has 3 rings (SSSR count). The number of nitrogens with one attached hydrogen (secondary N) is 2. The molecule has 1 saturated heterocycles. The van der Waals surface area contributed by atoms with Gasteiger partial charge in [0.1, 0.15) is 0 Å². The predicted octanol–water partition coefficient (Wildman–Crippen LogP) is 1.77. The molecule has 0 aliphatic carbocycles. The number of hydrogen-bond donors (Lipinski definition) is 2. The van der Waals surface area contributed by atoms with Crippen molar-refractivity contribution >= 4 is 17.4 Å². The van der Waals surface area contributed by atoms with Crippen LogP contribution in [0, 0.1) is 13.8 Å². The molecule has 0 atom stereocenters. The fourth-order valence-corrected chi connectivity index (χ4v) is 2.79. The summed E-state index contributed by atoms with van der Waals surface area (Å²) in [5.41, 5.74) is 4.01. The molecule has 1 fully saturated rings. The lowest BCUT2D eigenvalue weighted by molar-refractivity contribution is 0.0955. The van der Waals surface area contributed by atoms with Crippen LogP contribution >= 0.6 is 0 Å². The van der Waals surface area contributed by atoms with Crippen LogP contribution in [0.5, 0.6) is 0 Å². The molecule has 26 heavy (non-hydrogen) atoms. The number of nitrogens with zero attached hydrogens (tertiary/aromatic N) is 3. The normalized spacial score (nSPS) is 14.2. The average Bonchev–Trinajstić information content (AvgIpc) is 2.68. The van der Waals surface area contributed by atoms with Gasteiger partial charge in [0.2, 0.25) is 0 Å². The Hall–Kier alpha value is -2.67. The SMILES string of the molecule is Cc1ccc(C(=O)NCCNc2cc(N3CCOCC3)cnn2)cc1C. The molecular formula is C19H25N5O2. The molecule has 2 heterocycles.